The van der Waals surface area contributed by atoms with E-state index in [-0.39, 0.29) is 18.5 Å². The van der Waals surface area contributed by atoms with E-state index in [4.69, 9.17) is 0 Å². The molecule has 0 radical (unpaired) electrons. The van der Waals surface area contributed by atoms with Crippen molar-refractivity contribution < 1.29 is 9.59 Å². The molecule has 1 aliphatic heterocycles. The summed E-state index contributed by atoms with van der Waals surface area (Å²) in [6, 6.07) is 0.597. The highest BCUT2D eigenvalue weighted by atomic mass is 16.2. The van der Waals surface area contributed by atoms with E-state index < -0.39 is 0 Å². The summed E-state index contributed by atoms with van der Waals surface area (Å²) in [6.45, 7) is 13.9. The fourth-order valence-electron chi connectivity index (χ4n) is 2.60. The van der Waals surface area contributed by atoms with Gasteiger partial charge in [0.1, 0.15) is 0 Å². The maximum atomic E-state index is 11.8. The number of carbonyl (C=O) groups is 2. The highest BCUT2D eigenvalue weighted by Crippen LogP contribution is 2.06. The van der Waals surface area contributed by atoms with Gasteiger partial charge in [0.25, 0.3) is 0 Å². The fraction of sp³-hybridized carbons (Fsp3) is 0.882. The van der Waals surface area contributed by atoms with Gasteiger partial charge < -0.3 is 15.5 Å². The minimum Gasteiger partial charge on any atom is -0.339 e. The molecule has 23 heavy (non-hydrogen) atoms. The molecule has 134 valence electrons. The van der Waals surface area contributed by atoms with Crippen molar-refractivity contribution in [2.24, 2.45) is 5.92 Å². The minimum absolute atomic E-state index is 0.000416. The van der Waals surface area contributed by atoms with Crippen molar-refractivity contribution in [3.63, 3.8) is 0 Å². The highest BCUT2D eigenvalue weighted by Gasteiger charge is 2.18. The lowest BCUT2D eigenvalue weighted by Gasteiger charge is -2.36. The van der Waals surface area contributed by atoms with Crippen LogP contribution in [0.4, 0.5) is 0 Å². The Balaban J connectivity index is 2.06. The zero-order chi connectivity index (χ0) is 17.2. The smallest absolute Gasteiger partial charge is 0.222 e. The molecular formula is C17H34N4O2. The summed E-state index contributed by atoms with van der Waals surface area (Å²) in [6.07, 6.45) is 1.89. The number of nitrogens with one attached hydrogen (secondary N) is 2. The van der Waals surface area contributed by atoms with E-state index in [1.54, 1.807) is 0 Å². The van der Waals surface area contributed by atoms with Gasteiger partial charge in [-0.1, -0.05) is 13.8 Å². The SMILES string of the molecule is CC(C)CCC(=O)NCNC(=O)CCN1CCN(C(C)C)CC1. The molecule has 0 unspecified atom stereocenters. The predicted octanol–water partition coefficient (Wildman–Crippen LogP) is 1.03. The summed E-state index contributed by atoms with van der Waals surface area (Å²) >= 11 is 0. The third kappa shape index (κ3) is 8.91. The molecular weight excluding hydrogens is 292 g/mol. The average Bonchev–Trinajstić information content (AvgIpc) is 2.51. The highest BCUT2D eigenvalue weighted by molar-refractivity contribution is 5.78. The molecule has 1 saturated heterocycles. The van der Waals surface area contributed by atoms with Crippen molar-refractivity contribution in [1.29, 1.82) is 0 Å². The van der Waals surface area contributed by atoms with Gasteiger partial charge in [0.2, 0.25) is 11.8 Å². The Morgan fingerprint density at radius 2 is 1.48 bits per heavy atom. The van der Waals surface area contributed by atoms with Gasteiger partial charge >= 0.3 is 0 Å². The standard InChI is InChI=1S/C17H34N4O2/c1-14(2)5-6-16(22)18-13-19-17(23)7-8-20-9-11-21(12-10-20)15(3)4/h14-15H,5-13H2,1-4H3,(H,18,22)(H,19,23). The second-order valence-electron chi connectivity index (χ2n) is 7.03. The van der Waals surface area contributed by atoms with E-state index >= 15 is 0 Å². The van der Waals surface area contributed by atoms with Crippen LogP contribution in [0, 0.1) is 5.92 Å². The molecule has 6 nitrogen and oxygen atoms in total. The van der Waals surface area contributed by atoms with E-state index in [2.05, 4.69) is 48.1 Å². The van der Waals surface area contributed by atoms with Crippen molar-refractivity contribution in [2.75, 3.05) is 39.4 Å². The zero-order valence-electron chi connectivity index (χ0n) is 15.2. The Morgan fingerprint density at radius 1 is 0.913 bits per heavy atom. The molecule has 0 atom stereocenters. The van der Waals surface area contributed by atoms with Crippen LogP contribution in [0.1, 0.15) is 47.0 Å². The second kappa shape index (κ2) is 10.6. The number of carbonyl (C=O) groups excluding carboxylic acids is 2. The Hall–Kier alpha value is -1.14. The summed E-state index contributed by atoms with van der Waals surface area (Å²) < 4.78 is 0. The number of hydrogen-bond acceptors (Lipinski definition) is 4. The first-order valence-electron chi connectivity index (χ1n) is 8.88. The normalized spacial score (nSPS) is 16.8. The predicted molar refractivity (Wildman–Crippen MR) is 93.0 cm³/mol. The Labute approximate surface area is 141 Å². The largest absolute Gasteiger partial charge is 0.339 e. The number of rotatable bonds is 9. The number of hydrogen-bond donors (Lipinski definition) is 2. The van der Waals surface area contributed by atoms with E-state index in [1.165, 1.54) is 0 Å². The Kier molecular flexibility index (Phi) is 9.17. The van der Waals surface area contributed by atoms with Crippen LogP contribution < -0.4 is 10.6 Å². The molecule has 0 aliphatic carbocycles. The number of piperazine rings is 1. The molecule has 0 bridgehead atoms. The fourth-order valence-corrected chi connectivity index (χ4v) is 2.60. The average molecular weight is 326 g/mol. The van der Waals surface area contributed by atoms with Crippen LogP contribution in [0.15, 0.2) is 0 Å². The molecule has 2 amide bonds. The van der Waals surface area contributed by atoms with Crippen LogP contribution >= 0.6 is 0 Å². The monoisotopic (exact) mass is 326 g/mol. The molecule has 6 heteroatoms. The van der Waals surface area contributed by atoms with Gasteiger partial charge in [-0.3, -0.25) is 14.5 Å². The summed E-state index contributed by atoms with van der Waals surface area (Å²) in [5.74, 6) is 0.524. The number of amides is 2. The van der Waals surface area contributed by atoms with E-state index in [0.717, 1.165) is 39.1 Å². The maximum absolute atomic E-state index is 11.8. The van der Waals surface area contributed by atoms with Gasteiger partial charge in [0.15, 0.2) is 0 Å². The van der Waals surface area contributed by atoms with Crippen molar-refractivity contribution in [1.82, 2.24) is 20.4 Å². The van der Waals surface area contributed by atoms with Gasteiger partial charge in [0, 0.05) is 51.6 Å². The number of nitrogens with zero attached hydrogens (tertiary/aromatic N) is 2. The van der Waals surface area contributed by atoms with Crippen LogP contribution in [0.3, 0.4) is 0 Å². The minimum atomic E-state index is 0.000416. The molecule has 1 fully saturated rings. The van der Waals surface area contributed by atoms with Crippen molar-refractivity contribution in [2.45, 2.75) is 53.0 Å². The summed E-state index contributed by atoms with van der Waals surface area (Å²) in [4.78, 5) is 28.1. The molecule has 0 aromatic heterocycles. The first-order chi connectivity index (χ1) is 10.9. The van der Waals surface area contributed by atoms with Crippen molar-refractivity contribution in [3.05, 3.63) is 0 Å². The van der Waals surface area contributed by atoms with Gasteiger partial charge in [-0.15, -0.1) is 0 Å². The third-order valence-electron chi connectivity index (χ3n) is 4.31. The Morgan fingerprint density at radius 3 is 2.00 bits per heavy atom. The van der Waals surface area contributed by atoms with Crippen molar-refractivity contribution in [3.8, 4) is 0 Å². The molecule has 1 rings (SSSR count). The lowest BCUT2D eigenvalue weighted by molar-refractivity contribution is -0.123. The van der Waals surface area contributed by atoms with Gasteiger partial charge in [-0.05, 0) is 26.2 Å². The molecule has 1 aliphatic rings. The van der Waals surface area contributed by atoms with Crippen LogP contribution in [0.2, 0.25) is 0 Å². The Bertz CT molecular complexity index is 364. The van der Waals surface area contributed by atoms with Crippen LogP contribution in [-0.2, 0) is 9.59 Å². The molecule has 0 saturated carbocycles. The molecule has 0 aromatic carbocycles. The lowest BCUT2D eigenvalue weighted by Crippen LogP contribution is -2.49. The molecule has 0 aromatic rings. The van der Waals surface area contributed by atoms with E-state index in [9.17, 15) is 9.59 Å². The third-order valence-corrected chi connectivity index (χ3v) is 4.31. The van der Waals surface area contributed by atoms with E-state index in [1.807, 2.05) is 0 Å². The summed E-state index contributed by atoms with van der Waals surface area (Å²) in [7, 11) is 0. The summed E-state index contributed by atoms with van der Waals surface area (Å²) in [5, 5.41) is 5.49. The first-order valence-corrected chi connectivity index (χ1v) is 8.88. The zero-order valence-corrected chi connectivity index (χ0v) is 15.2. The van der Waals surface area contributed by atoms with Crippen LogP contribution in [0.5, 0.6) is 0 Å². The van der Waals surface area contributed by atoms with Gasteiger partial charge in [0.05, 0.1) is 6.67 Å². The first kappa shape index (κ1) is 19.9. The maximum Gasteiger partial charge on any atom is 0.222 e. The molecule has 1 heterocycles. The van der Waals surface area contributed by atoms with Crippen molar-refractivity contribution >= 4 is 11.8 Å². The van der Waals surface area contributed by atoms with Crippen LogP contribution in [0.25, 0.3) is 0 Å². The van der Waals surface area contributed by atoms with E-state index in [0.29, 0.717) is 24.8 Å². The topological polar surface area (TPSA) is 64.7 Å². The molecule has 2 N–H and O–H groups in total. The quantitative estimate of drug-likeness (QED) is 0.621. The summed E-state index contributed by atoms with van der Waals surface area (Å²) in [5.41, 5.74) is 0. The molecule has 0 spiro atoms. The van der Waals surface area contributed by atoms with Crippen LogP contribution in [-0.4, -0.2) is 67.0 Å². The second-order valence-corrected chi connectivity index (χ2v) is 7.03. The van der Waals surface area contributed by atoms with Gasteiger partial charge in [-0.2, -0.15) is 0 Å². The van der Waals surface area contributed by atoms with Gasteiger partial charge in [-0.25, -0.2) is 0 Å². The lowest BCUT2D eigenvalue weighted by atomic mass is 10.1.